The molecule has 6 nitrogen and oxygen atoms in total. The van der Waals surface area contributed by atoms with Crippen LogP contribution in [0.15, 0.2) is 48.7 Å². The number of alkyl halides is 3. The first-order valence-corrected chi connectivity index (χ1v) is 13.5. The van der Waals surface area contributed by atoms with Crippen LogP contribution in [0.4, 0.5) is 13.2 Å². The minimum absolute atomic E-state index is 0.190. The lowest BCUT2D eigenvalue weighted by Crippen LogP contribution is -2.27. The normalized spacial score (nSPS) is 14.5. The minimum atomic E-state index is -4.39. The van der Waals surface area contributed by atoms with E-state index in [-0.39, 0.29) is 18.6 Å². The van der Waals surface area contributed by atoms with Gasteiger partial charge in [0.1, 0.15) is 23.2 Å². The highest BCUT2D eigenvalue weighted by molar-refractivity contribution is 5.71. The number of halogens is 3. The molecule has 0 aliphatic heterocycles. The van der Waals surface area contributed by atoms with Crippen LogP contribution in [0.1, 0.15) is 87.8 Å². The van der Waals surface area contributed by atoms with Crippen molar-refractivity contribution in [3.63, 3.8) is 0 Å². The van der Waals surface area contributed by atoms with E-state index < -0.39 is 23.3 Å². The van der Waals surface area contributed by atoms with Crippen LogP contribution >= 0.6 is 0 Å². The van der Waals surface area contributed by atoms with E-state index in [2.05, 4.69) is 11.9 Å². The number of aromatic nitrogens is 2. The molecular formula is C31H35F3N2O4. The highest BCUT2D eigenvalue weighted by atomic mass is 19.4. The van der Waals surface area contributed by atoms with Crippen LogP contribution in [0.5, 0.6) is 11.5 Å². The number of ether oxygens (including phenoxy) is 3. The predicted octanol–water partition coefficient (Wildman–Crippen LogP) is 7.99. The van der Waals surface area contributed by atoms with Gasteiger partial charge in [-0.05, 0) is 82.9 Å². The summed E-state index contributed by atoms with van der Waals surface area (Å²) in [6, 6.07) is 10.3. The Morgan fingerprint density at radius 1 is 1.07 bits per heavy atom. The van der Waals surface area contributed by atoms with Gasteiger partial charge in [0, 0.05) is 23.2 Å². The minimum Gasteiger partial charge on any atom is -0.486 e. The Kier molecular flexibility index (Phi) is 8.71. The molecule has 0 bridgehead atoms. The second kappa shape index (κ2) is 11.9. The third-order valence-electron chi connectivity index (χ3n) is 6.37. The third kappa shape index (κ3) is 7.73. The van der Waals surface area contributed by atoms with Gasteiger partial charge in [0.05, 0.1) is 11.3 Å². The molecular weight excluding hydrogens is 521 g/mol. The van der Waals surface area contributed by atoms with Gasteiger partial charge in [-0.15, -0.1) is 0 Å². The maximum Gasteiger partial charge on any atom is 0.416 e. The maximum atomic E-state index is 13.0. The molecule has 0 amide bonds. The molecule has 4 rings (SSSR count). The Bertz CT molecular complexity index is 1330. The highest BCUT2D eigenvalue weighted by Crippen LogP contribution is 2.44. The smallest absolute Gasteiger partial charge is 0.416 e. The van der Waals surface area contributed by atoms with Gasteiger partial charge >= 0.3 is 12.1 Å². The van der Waals surface area contributed by atoms with Crippen molar-refractivity contribution in [1.29, 1.82) is 0 Å². The molecule has 0 spiro atoms. The van der Waals surface area contributed by atoms with Gasteiger partial charge < -0.3 is 14.2 Å². The molecule has 1 unspecified atom stereocenters. The van der Waals surface area contributed by atoms with E-state index in [1.54, 1.807) is 39.1 Å². The summed E-state index contributed by atoms with van der Waals surface area (Å²) in [6.07, 6.45) is 0.656. The van der Waals surface area contributed by atoms with Crippen LogP contribution in [0, 0.1) is 6.92 Å². The van der Waals surface area contributed by atoms with Crippen molar-refractivity contribution in [3.8, 4) is 22.9 Å². The SMILES string of the molecule is CCCC(Oc1ccc(OCC(=O)OC(C)(C)C)c(C)c1)c1cnc(-c2ccc(C(F)(F)F)cc2)nc1C1CC1. The van der Waals surface area contributed by atoms with Crippen LogP contribution in [-0.4, -0.2) is 28.1 Å². The average Bonchev–Trinajstić information content (AvgIpc) is 3.72. The van der Waals surface area contributed by atoms with Gasteiger partial charge in [0.2, 0.25) is 0 Å². The molecule has 1 fully saturated rings. The Hall–Kier alpha value is -3.62. The van der Waals surface area contributed by atoms with Crippen molar-refractivity contribution in [2.45, 2.75) is 84.1 Å². The zero-order valence-corrected chi connectivity index (χ0v) is 23.5. The lowest BCUT2D eigenvalue weighted by molar-refractivity contribution is -0.157. The van der Waals surface area contributed by atoms with Crippen LogP contribution in [0.3, 0.4) is 0 Å². The van der Waals surface area contributed by atoms with E-state index in [9.17, 15) is 18.0 Å². The lowest BCUT2D eigenvalue weighted by Gasteiger charge is -2.22. The zero-order valence-electron chi connectivity index (χ0n) is 23.5. The summed E-state index contributed by atoms with van der Waals surface area (Å²) in [5.74, 6) is 1.45. The number of carbonyl (C=O) groups excluding carboxylic acids is 1. The molecule has 0 saturated heterocycles. The van der Waals surface area contributed by atoms with Crippen molar-refractivity contribution < 1.29 is 32.2 Å². The molecule has 3 aromatic rings. The Balaban J connectivity index is 1.52. The van der Waals surface area contributed by atoms with E-state index >= 15 is 0 Å². The van der Waals surface area contributed by atoms with Gasteiger partial charge in [-0.3, -0.25) is 0 Å². The summed E-state index contributed by atoms with van der Waals surface area (Å²) in [5.41, 5.74) is 1.84. The molecule has 1 saturated carbocycles. The highest BCUT2D eigenvalue weighted by Gasteiger charge is 2.32. The molecule has 1 aliphatic rings. The van der Waals surface area contributed by atoms with Gasteiger partial charge in [0.15, 0.2) is 12.4 Å². The van der Waals surface area contributed by atoms with Crippen molar-refractivity contribution in [3.05, 3.63) is 71.0 Å². The molecule has 0 radical (unpaired) electrons. The van der Waals surface area contributed by atoms with Crippen LogP contribution in [-0.2, 0) is 15.7 Å². The second-order valence-electron chi connectivity index (χ2n) is 11.1. The first-order valence-electron chi connectivity index (χ1n) is 13.5. The standard InChI is InChI=1S/C31H35F3N2O4/c1-6-7-26(39-23-14-15-25(19(2)16-23)38-18-27(37)40-30(3,4)5)24-17-35-29(36-28(24)20-8-9-20)21-10-12-22(13-11-21)31(32,33)34/h10-17,20,26H,6-9,18H2,1-5H3. The molecule has 1 heterocycles. The number of nitrogens with zero attached hydrogens (tertiary/aromatic N) is 2. The summed E-state index contributed by atoms with van der Waals surface area (Å²) in [7, 11) is 0. The van der Waals surface area contributed by atoms with Crippen LogP contribution in [0.2, 0.25) is 0 Å². The Labute approximate surface area is 232 Å². The van der Waals surface area contributed by atoms with Crippen molar-refractivity contribution in [1.82, 2.24) is 9.97 Å². The second-order valence-corrected chi connectivity index (χ2v) is 11.1. The first kappa shape index (κ1) is 29.4. The summed E-state index contributed by atoms with van der Waals surface area (Å²) in [5, 5.41) is 0. The van der Waals surface area contributed by atoms with E-state index in [4.69, 9.17) is 19.2 Å². The van der Waals surface area contributed by atoms with Crippen LogP contribution in [0.25, 0.3) is 11.4 Å². The number of esters is 1. The number of hydrogen-bond acceptors (Lipinski definition) is 6. The Morgan fingerprint density at radius 3 is 2.35 bits per heavy atom. The quantitative estimate of drug-likeness (QED) is 0.236. The molecule has 0 N–H and O–H groups in total. The molecule has 9 heteroatoms. The fraction of sp³-hybridized carbons (Fsp3) is 0.452. The topological polar surface area (TPSA) is 70.5 Å². The van der Waals surface area contributed by atoms with E-state index in [0.29, 0.717) is 22.9 Å². The number of rotatable bonds is 10. The van der Waals surface area contributed by atoms with E-state index in [0.717, 1.165) is 54.6 Å². The molecule has 214 valence electrons. The molecule has 1 atom stereocenters. The van der Waals surface area contributed by atoms with Crippen LogP contribution < -0.4 is 9.47 Å². The summed E-state index contributed by atoms with van der Waals surface area (Å²) < 4.78 is 56.4. The fourth-order valence-electron chi connectivity index (χ4n) is 4.35. The van der Waals surface area contributed by atoms with E-state index in [1.165, 1.54) is 12.1 Å². The van der Waals surface area contributed by atoms with Gasteiger partial charge in [-0.25, -0.2) is 14.8 Å². The lowest BCUT2D eigenvalue weighted by atomic mass is 10.0. The van der Waals surface area contributed by atoms with Crippen molar-refractivity contribution in [2.24, 2.45) is 0 Å². The van der Waals surface area contributed by atoms with Gasteiger partial charge in [-0.2, -0.15) is 13.2 Å². The number of carbonyl (C=O) groups is 1. The largest absolute Gasteiger partial charge is 0.486 e. The first-order chi connectivity index (χ1) is 18.8. The maximum absolute atomic E-state index is 13.0. The number of benzene rings is 2. The number of hydrogen-bond donors (Lipinski definition) is 0. The Morgan fingerprint density at radius 2 is 1.77 bits per heavy atom. The van der Waals surface area contributed by atoms with Gasteiger partial charge in [0.25, 0.3) is 0 Å². The zero-order chi connectivity index (χ0) is 29.1. The predicted molar refractivity (Wildman–Crippen MR) is 145 cm³/mol. The molecule has 1 aliphatic carbocycles. The molecule has 1 aromatic heterocycles. The molecule has 2 aromatic carbocycles. The fourth-order valence-corrected chi connectivity index (χ4v) is 4.35. The summed E-state index contributed by atoms with van der Waals surface area (Å²) in [6.45, 7) is 9.17. The molecule has 40 heavy (non-hydrogen) atoms. The van der Waals surface area contributed by atoms with Crippen molar-refractivity contribution >= 4 is 5.97 Å². The van der Waals surface area contributed by atoms with E-state index in [1.807, 2.05) is 13.0 Å². The third-order valence-corrected chi connectivity index (χ3v) is 6.37. The van der Waals surface area contributed by atoms with Gasteiger partial charge in [-0.1, -0.05) is 25.5 Å². The average molecular weight is 557 g/mol. The summed E-state index contributed by atoms with van der Waals surface area (Å²) >= 11 is 0. The number of aryl methyl sites for hydroxylation is 1. The monoisotopic (exact) mass is 556 g/mol. The summed E-state index contributed by atoms with van der Waals surface area (Å²) in [4.78, 5) is 21.3. The van der Waals surface area contributed by atoms with Crippen molar-refractivity contribution in [2.75, 3.05) is 6.61 Å².